The van der Waals surface area contributed by atoms with Crippen molar-refractivity contribution in [3.8, 4) is 17.2 Å². The minimum absolute atomic E-state index is 0.0663. The highest BCUT2D eigenvalue weighted by molar-refractivity contribution is 5.82. The van der Waals surface area contributed by atoms with E-state index < -0.39 is 36.1 Å². The van der Waals surface area contributed by atoms with Gasteiger partial charge in [-0.25, -0.2) is 9.78 Å². The maximum Gasteiger partial charge on any atom is 0.430 e. The summed E-state index contributed by atoms with van der Waals surface area (Å²) in [6.45, 7) is 2.81. The van der Waals surface area contributed by atoms with Gasteiger partial charge in [-0.3, -0.25) is 0 Å². The molecule has 13 heteroatoms. The van der Waals surface area contributed by atoms with Gasteiger partial charge in [0.15, 0.2) is 6.61 Å². The largest absolute Gasteiger partial charge is 0.482 e. The van der Waals surface area contributed by atoms with Crippen molar-refractivity contribution in [2.24, 2.45) is 0 Å². The van der Waals surface area contributed by atoms with E-state index in [9.17, 15) is 36.2 Å². The minimum atomic E-state index is -5.99. The molecule has 2 N–H and O–H groups in total. The minimum Gasteiger partial charge on any atom is -0.482 e. The highest BCUT2D eigenvalue weighted by atomic mass is 19.4. The fourth-order valence-corrected chi connectivity index (χ4v) is 4.04. The zero-order chi connectivity index (χ0) is 28.0. The van der Waals surface area contributed by atoms with Crippen LogP contribution in [-0.4, -0.2) is 44.7 Å². The molecule has 0 atom stereocenters. The van der Waals surface area contributed by atoms with Crippen LogP contribution in [0.2, 0.25) is 0 Å². The lowest BCUT2D eigenvalue weighted by atomic mass is 9.91. The first-order valence-corrected chi connectivity index (χ1v) is 11.0. The van der Waals surface area contributed by atoms with Crippen molar-refractivity contribution in [1.82, 2.24) is 9.55 Å². The van der Waals surface area contributed by atoms with Crippen LogP contribution in [0, 0.1) is 13.8 Å². The smallest absolute Gasteiger partial charge is 0.430 e. The fourth-order valence-electron chi connectivity index (χ4n) is 4.04. The summed E-state index contributed by atoms with van der Waals surface area (Å²) in [7, 11) is 0. The Kier molecular flexibility index (Phi) is 6.68. The predicted molar refractivity (Wildman–Crippen MR) is 122 cm³/mol. The molecule has 0 aliphatic heterocycles. The molecule has 38 heavy (non-hydrogen) atoms. The average molecular weight is 542 g/mol. The highest BCUT2D eigenvalue weighted by Gasteiger charge is 2.71. The van der Waals surface area contributed by atoms with Crippen LogP contribution >= 0.6 is 0 Å². The highest BCUT2D eigenvalue weighted by Crippen LogP contribution is 2.50. The third-order valence-electron chi connectivity index (χ3n) is 5.99. The molecule has 0 unspecified atom stereocenters. The van der Waals surface area contributed by atoms with Crippen LogP contribution in [0.1, 0.15) is 22.7 Å². The van der Waals surface area contributed by atoms with Gasteiger partial charge in [-0.2, -0.15) is 26.3 Å². The van der Waals surface area contributed by atoms with Crippen LogP contribution in [0.4, 0.5) is 26.3 Å². The zero-order valence-electron chi connectivity index (χ0n) is 19.8. The van der Waals surface area contributed by atoms with Gasteiger partial charge in [0.1, 0.15) is 17.2 Å². The number of fused-ring (bicyclic) bond motifs is 1. The molecule has 202 valence electrons. The molecule has 0 aliphatic carbocycles. The Balaban J connectivity index is 1.67. The van der Waals surface area contributed by atoms with Crippen molar-refractivity contribution in [3.05, 3.63) is 71.2 Å². The number of hydrogen-bond donors (Lipinski definition) is 2. The van der Waals surface area contributed by atoms with Gasteiger partial charge in [0.05, 0.1) is 6.54 Å². The molecule has 0 amide bonds. The van der Waals surface area contributed by atoms with Crippen LogP contribution in [0.5, 0.6) is 5.75 Å². The molecule has 4 aromatic rings. The van der Waals surface area contributed by atoms with Crippen LogP contribution < -0.4 is 4.74 Å². The van der Waals surface area contributed by atoms with Gasteiger partial charge in [0, 0.05) is 27.7 Å². The SMILES string of the molecule is Cc1oc(-c2cccc(OCC(=O)O)c2)nc1Cn1c(C)cc2cc(C(O)(C(F)(F)F)C(F)(F)F)ccc21. The first kappa shape index (κ1) is 27.0. The summed E-state index contributed by atoms with van der Waals surface area (Å²) in [6, 6.07) is 10.2. The van der Waals surface area contributed by atoms with E-state index in [2.05, 4.69) is 4.98 Å². The van der Waals surface area contributed by atoms with Crippen molar-refractivity contribution in [2.75, 3.05) is 6.61 Å². The molecule has 0 saturated carbocycles. The number of alkyl halides is 6. The summed E-state index contributed by atoms with van der Waals surface area (Å²) >= 11 is 0. The molecular formula is C25H20F6N2O5. The van der Waals surface area contributed by atoms with Crippen LogP contribution in [-0.2, 0) is 16.9 Å². The molecule has 2 aromatic carbocycles. The normalized spacial score (nSPS) is 12.8. The van der Waals surface area contributed by atoms with Gasteiger partial charge < -0.3 is 23.9 Å². The van der Waals surface area contributed by atoms with E-state index in [1.54, 1.807) is 36.6 Å². The van der Waals surface area contributed by atoms with Crippen molar-refractivity contribution in [1.29, 1.82) is 0 Å². The van der Waals surface area contributed by atoms with E-state index in [0.717, 1.165) is 6.07 Å². The zero-order valence-corrected chi connectivity index (χ0v) is 19.8. The second-order valence-corrected chi connectivity index (χ2v) is 8.58. The number of nitrogens with zero attached hydrogens (tertiary/aromatic N) is 2. The molecule has 4 rings (SSSR count). The number of aromatic nitrogens is 2. The molecule has 0 radical (unpaired) electrons. The number of benzene rings is 2. The quantitative estimate of drug-likeness (QED) is 0.289. The monoisotopic (exact) mass is 542 g/mol. The number of halogens is 6. The van der Waals surface area contributed by atoms with Gasteiger partial charge in [-0.05, 0) is 50.2 Å². The van der Waals surface area contributed by atoms with Crippen LogP contribution in [0.3, 0.4) is 0 Å². The van der Waals surface area contributed by atoms with E-state index >= 15 is 0 Å². The predicted octanol–water partition coefficient (Wildman–Crippen LogP) is 5.74. The number of ether oxygens (including phenoxy) is 1. The lowest BCUT2D eigenvalue weighted by Crippen LogP contribution is -2.53. The summed E-state index contributed by atoms with van der Waals surface area (Å²) < 4.78 is 92.5. The maximum atomic E-state index is 13.3. The molecule has 0 aliphatic rings. The number of carbonyl (C=O) groups is 1. The Hall–Kier alpha value is -4.00. The Morgan fingerprint density at radius 2 is 1.71 bits per heavy atom. The summed E-state index contributed by atoms with van der Waals surface area (Å²) in [4.78, 5) is 15.2. The number of carboxylic acids is 1. The molecule has 0 fully saturated rings. The Morgan fingerprint density at radius 3 is 2.34 bits per heavy atom. The number of aliphatic carboxylic acids is 1. The summed E-state index contributed by atoms with van der Waals surface area (Å²) in [6.07, 6.45) is -12.0. The maximum absolute atomic E-state index is 13.3. The van der Waals surface area contributed by atoms with Crippen LogP contribution in [0.25, 0.3) is 22.4 Å². The lowest BCUT2D eigenvalue weighted by Gasteiger charge is -2.32. The molecule has 7 nitrogen and oxygen atoms in total. The number of aliphatic hydroxyl groups is 1. The third kappa shape index (κ3) is 4.80. The van der Waals surface area contributed by atoms with Gasteiger partial charge in [0.25, 0.3) is 5.60 Å². The summed E-state index contributed by atoms with van der Waals surface area (Å²) in [5, 5.41) is 18.6. The van der Waals surface area contributed by atoms with Crippen molar-refractivity contribution >= 4 is 16.9 Å². The van der Waals surface area contributed by atoms with E-state index in [1.807, 2.05) is 0 Å². The Morgan fingerprint density at radius 1 is 1.03 bits per heavy atom. The van der Waals surface area contributed by atoms with Gasteiger partial charge in [-0.15, -0.1) is 0 Å². The molecule has 0 spiro atoms. The second-order valence-electron chi connectivity index (χ2n) is 8.58. The first-order valence-electron chi connectivity index (χ1n) is 11.0. The van der Waals surface area contributed by atoms with Gasteiger partial charge in [-0.1, -0.05) is 12.1 Å². The van der Waals surface area contributed by atoms with E-state index in [4.69, 9.17) is 14.3 Å². The summed E-state index contributed by atoms with van der Waals surface area (Å²) in [5.74, 6) is -0.246. The number of hydrogen-bond acceptors (Lipinski definition) is 5. The first-order chi connectivity index (χ1) is 17.6. The van der Waals surface area contributed by atoms with Crippen molar-refractivity contribution in [2.45, 2.75) is 38.3 Å². The van der Waals surface area contributed by atoms with E-state index in [1.165, 1.54) is 12.1 Å². The number of rotatable bonds is 7. The van der Waals surface area contributed by atoms with Crippen LogP contribution in [0.15, 0.2) is 52.9 Å². The molecule has 2 aromatic heterocycles. The van der Waals surface area contributed by atoms with E-state index in [-0.39, 0.29) is 23.6 Å². The number of oxazole rings is 1. The molecule has 0 saturated heterocycles. The van der Waals surface area contributed by atoms with Crippen molar-refractivity contribution < 1.29 is 50.5 Å². The van der Waals surface area contributed by atoms with Gasteiger partial charge >= 0.3 is 18.3 Å². The fraction of sp³-hybridized carbons (Fsp3) is 0.280. The Labute approximate surface area is 210 Å². The molecule has 0 bridgehead atoms. The second kappa shape index (κ2) is 9.39. The summed E-state index contributed by atoms with van der Waals surface area (Å²) in [5.41, 5.74) is -4.57. The molecule has 2 heterocycles. The number of aryl methyl sites for hydroxylation is 2. The standard InChI is InChI=1S/C25H20F6N2O5/c1-13-8-16-9-17(23(36,24(26,27)28)25(29,30)31)6-7-20(16)33(13)11-19-14(2)38-22(32-19)15-4-3-5-18(10-15)37-12-21(34)35/h3-10,36H,11-12H2,1-2H3,(H,34,35). The topological polar surface area (TPSA) is 97.7 Å². The Bertz CT molecular complexity index is 1490. The van der Waals surface area contributed by atoms with E-state index in [0.29, 0.717) is 40.4 Å². The van der Waals surface area contributed by atoms with Gasteiger partial charge in [0.2, 0.25) is 5.89 Å². The number of carboxylic acid groups (broad SMARTS) is 1. The lowest BCUT2D eigenvalue weighted by molar-refractivity contribution is -0.376. The van der Waals surface area contributed by atoms with Crippen molar-refractivity contribution in [3.63, 3.8) is 0 Å². The third-order valence-corrected chi connectivity index (χ3v) is 5.99. The average Bonchev–Trinajstić information content (AvgIpc) is 3.34. The molecular weight excluding hydrogens is 522 g/mol.